The van der Waals surface area contributed by atoms with Gasteiger partial charge in [-0.3, -0.25) is 9.89 Å². The fraction of sp³-hybridized carbons (Fsp3) is 0.682. The van der Waals surface area contributed by atoms with Gasteiger partial charge in [-0.05, 0) is 44.7 Å². The molecule has 3 heterocycles. The summed E-state index contributed by atoms with van der Waals surface area (Å²) < 4.78 is 5.95. The fourth-order valence-corrected chi connectivity index (χ4v) is 4.95. The Morgan fingerprint density at radius 1 is 1.20 bits per heavy atom. The van der Waals surface area contributed by atoms with E-state index in [4.69, 9.17) is 21.3 Å². The summed E-state index contributed by atoms with van der Waals surface area (Å²) >= 11 is 6.34. The molecule has 30 heavy (non-hydrogen) atoms. The van der Waals surface area contributed by atoms with Gasteiger partial charge in [0.15, 0.2) is 5.96 Å². The predicted molar refractivity (Wildman–Crippen MR) is 136 cm³/mol. The van der Waals surface area contributed by atoms with Gasteiger partial charge in [0.1, 0.15) is 0 Å². The number of nitrogens with zero attached hydrogens (tertiary/aromatic N) is 3. The van der Waals surface area contributed by atoms with Crippen LogP contribution in [0.4, 0.5) is 5.69 Å². The average molecular weight is 548 g/mol. The third-order valence-corrected chi connectivity index (χ3v) is 6.56. The number of halogens is 2. The van der Waals surface area contributed by atoms with Crippen LogP contribution in [0.5, 0.6) is 0 Å². The maximum Gasteiger partial charge on any atom is 0.191 e. The Hall–Kier alpha value is -0.770. The first kappa shape index (κ1) is 23.9. The molecule has 0 saturated carbocycles. The number of hydrogen-bond acceptors (Lipinski definition) is 4. The highest BCUT2D eigenvalue weighted by Gasteiger charge is 2.41. The molecular weight excluding hydrogens is 513 g/mol. The highest BCUT2D eigenvalue weighted by molar-refractivity contribution is 14.0. The number of hydrogen-bond donors (Lipinski definition) is 2. The lowest BCUT2D eigenvalue weighted by atomic mass is 9.96. The minimum absolute atomic E-state index is 0. The number of aliphatic imine (C=N–C) groups is 1. The molecule has 0 radical (unpaired) electrons. The molecule has 3 aliphatic heterocycles. The first-order chi connectivity index (χ1) is 14.2. The van der Waals surface area contributed by atoms with Crippen LogP contribution >= 0.6 is 35.6 Å². The molecule has 1 aromatic carbocycles. The first-order valence-electron chi connectivity index (χ1n) is 11.1. The molecular formula is C22H35ClIN5O. The van der Waals surface area contributed by atoms with Crippen LogP contribution in [-0.4, -0.2) is 74.9 Å². The molecule has 3 aliphatic rings. The molecule has 3 atom stereocenters. The number of anilines is 1. The average Bonchev–Trinajstić information content (AvgIpc) is 3.35. The van der Waals surface area contributed by atoms with Crippen molar-refractivity contribution < 1.29 is 4.74 Å². The smallest absolute Gasteiger partial charge is 0.191 e. The molecule has 6 nitrogen and oxygen atoms in total. The molecule has 8 heteroatoms. The van der Waals surface area contributed by atoms with E-state index in [1.54, 1.807) is 0 Å². The summed E-state index contributed by atoms with van der Waals surface area (Å²) in [5.41, 5.74) is 1.16. The summed E-state index contributed by atoms with van der Waals surface area (Å²) in [5.74, 6) is 0.942. The number of ether oxygens (including phenoxy) is 1. The van der Waals surface area contributed by atoms with Crippen molar-refractivity contribution in [1.29, 1.82) is 0 Å². The maximum atomic E-state index is 6.34. The summed E-state index contributed by atoms with van der Waals surface area (Å²) in [4.78, 5) is 9.73. The predicted octanol–water partition coefficient (Wildman–Crippen LogP) is 3.35. The van der Waals surface area contributed by atoms with Gasteiger partial charge in [0.2, 0.25) is 0 Å². The standard InChI is InChI=1S/C22H34ClN5O.HI/c1-2-24-22(26-19-16-17-8-9-21(19)29-17)25-10-5-11-27-12-14-28(15-13-27)20-7-4-3-6-18(20)23;/h3-4,6-7,17,19,21H,2,5,8-16H2,1H3,(H2,24,25,26);1H. The van der Waals surface area contributed by atoms with Crippen molar-refractivity contribution in [1.82, 2.24) is 15.5 Å². The van der Waals surface area contributed by atoms with E-state index in [2.05, 4.69) is 39.5 Å². The SMILES string of the molecule is CCNC(=NCCCN1CCN(c2ccccc2Cl)CC1)NC1CC2CCC1O2.I. The molecule has 0 amide bonds. The summed E-state index contributed by atoms with van der Waals surface area (Å²) in [6.45, 7) is 9.16. The van der Waals surface area contributed by atoms with E-state index >= 15 is 0 Å². The van der Waals surface area contributed by atoms with Crippen LogP contribution < -0.4 is 15.5 Å². The number of nitrogens with one attached hydrogen (secondary N) is 2. The van der Waals surface area contributed by atoms with Crippen LogP contribution in [-0.2, 0) is 4.74 Å². The second kappa shape index (κ2) is 11.7. The largest absolute Gasteiger partial charge is 0.373 e. The van der Waals surface area contributed by atoms with E-state index in [9.17, 15) is 0 Å². The summed E-state index contributed by atoms with van der Waals surface area (Å²) in [6.07, 6.45) is 5.44. The van der Waals surface area contributed by atoms with Crippen molar-refractivity contribution in [2.45, 2.75) is 50.9 Å². The van der Waals surface area contributed by atoms with Crippen LogP contribution in [0.2, 0.25) is 5.02 Å². The normalized spacial score (nSPS) is 26.5. The van der Waals surface area contributed by atoms with Gasteiger partial charge in [-0.25, -0.2) is 0 Å². The molecule has 3 saturated heterocycles. The van der Waals surface area contributed by atoms with Gasteiger partial charge in [0, 0.05) is 45.8 Å². The Balaban J connectivity index is 0.00000256. The number of guanidine groups is 1. The van der Waals surface area contributed by atoms with E-state index < -0.39 is 0 Å². The Morgan fingerprint density at radius 3 is 2.67 bits per heavy atom. The van der Waals surface area contributed by atoms with Crippen molar-refractivity contribution in [3.05, 3.63) is 29.3 Å². The summed E-state index contributed by atoms with van der Waals surface area (Å²) in [7, 11) is 0. The Labute approximate surface area is 202 Å². The molecule has 1 aromatic rings. The molecule has 3 unspecified atom stereocenters. The fourth-order valence-electron chi connectivity index (χ4n) is 4.69. The second-order valence-corrected chi connectivity index (χ2v) is 8.66. The molecule has 168 valence electrons. The van der Waals surface area contributed by atoms with Gasteiger partial charge < -0.3 is 20.3 Å². The van der Waals surface area contributed by atoms with Crippen LogP contribution in [0, 0.1) is 0 Å². The van der Waals surface area contributed by atoms with Gasteiger partial charge in [0.05, 0.1) is 29.0 Å². The van der Waals surface area contributed by atoms with E-state index in [1.807, 2.05) is 12.1 Å². The maximum absolute atomic E-state index is 6.34. The van der Waals surface area contributed by atoms with Crippen molar-refractivity contribution in [2.75, 3.05) is 50.7 Å². The number of benzene rings is 1. The number of rotatable bonds is 7. The van der Waals surface area contributed by atoms with Crippen molar-refractivity contribution >= 4 is 47.2 Å². The topological polar surface area (TPSA) is 52.1 Å². The van der Waals surface area contributed by atoms with E-state index in [-0.39, 0.29) is 24.0 Å². The lowest BCUT2D eigenvalue weighted by Crippen LogP contribution is -2.47. The van der Waals surface area contributed by atoms with Crippen molar-refractivity contribution in [3.63, 3.8) is 0 Å². The zero-order valence-electron chi connectivity index (χ0n) is 17.9. The molecule has 2 N–H and O–H groups in total. The third kappa shape index (κ3) is 6.14. The molecule has 0 aliphatic carbocycles. The zero-order valence-corrected chi connectivity index (χ0v) is 20.9. The molecule has 0 aromatic heterocycles. The Morgan fingerprint density at radius 2 is 2.00 bits per heavy atom. The molecule has 3 fully saturated rings. The summed E-state index contributed by atoms with van der Waals surface area (Å²) in [6, 6.07) is 8.56. The highest BCUT2D eigenvalue weighted by Crippen LogP contribution is 2.34. The lowest BCUT2D eigenvalue weighted by molar-refractivity contribution is 0.0992. The van der Waals surface area contributed by atoms with Gasteiger partial charge in [0.25, 0.3) is 0 Å². The van der Waals surface area contributed by atoms with Gasteiger partial charge in [-0.2, -0.15) is 0 Å². The Kier molecular flexibility index (Phi) is 9.34. The zero-order chi connectivity index (χ0) is 20.1. The number of piperazine rings is 1. The number of para-hydroxylation sites is 1. The highest BCUT2D eigenvalue weighted by atomic mass is 127. The van der Waals surface area contributed by atoms with E-state index in [1.165, 1.54) is 12.8 Å². The minimum atomic E-state index is 0. The lowest BCUT2D eigenvalue weighted by Gasteiger charge is -2.36. The van der Waals surface area contributed by atoms with Gasteiger partial charge in [-0.1, -0.05) is 23.7 Å². The molecule has 0 spiro atoms. The molecule has 2 bridgehead atoms. The van der Waals surface area contributed by atoms with E-state index in [0.717, 1.165) is 75.3 Å². The summed E-state index contributed by atoms with van der Waals surface area (Å²) in [5, 5.41) is 7.83. The van der Waals surface area contributed by atoms with Crippen molar-refractivity contribution in [2.24, 2.45) is 4.99 Å². The monoisotopic (exact) mass is 547 g/mol. The van der Waals surface area contributed by atoms with Gasteiger partial charge >= 0.3 is 0 Å². The molecule has 4 rings (SSSR count). The first-order valence-corrected chi connectivity index (χ1v) is 11.5. The van der Waals surface area contributed by atoms with Crippen molar-refractivity contribution in [3.8, 4) is 0 Å². The minimum Gasteiger partial charge on any atom is -0.373 e. The quantitative estimate of drug-likeness (QED) is 0.237. The second-order valence-electron chi connectivity index (χ2n) is 8.25. The van der Waals surface area contributed by atoms with Crippen LogP contribution in [0.3, 0.4) is 0 Å². The van der Waals surface area contributed by atoms with E-state index in [0.29, 0.717) is 18.2 Å². The number of fused-ring (bicyclic) bond motifs is 2. The van der Waals surface area contributed by atoms with Crippen LogP contribution in [0.1, 0.15) is 32.6 Å². The third-order valence-electron chi connectivity index (χ3n) is 6.24. The van der Waals surface area contributed by atoms with Crippen LogP contribution in [0.25, 0.3) is 0 Å². The van der Waals surface area contributed by atoms with Crippen LogP contribution in [0.15, 0.2) is 29.3 Å². The van der Waals surface area contributed by atoms with Gasteiger partial charge in [-0.15, -0.1) is 24.0 Å². The Bertz CT molecular complexity index is 698.